The Morgan fingerprint density at radius 1 is 1.21 bits per heavy atom. The summed E-state index contributed by atoms with van der Waals surface area (Å²) in [6.45, 7) is 0.782. The minimum absolute atomic E-state index is 0.536. The molecular formula is C9H11N5. The Hall–Kier alpha value is -1.91. The van der Waals surface area contributed by atoms with Gasteiger partial charge in [0.2, 0.25) is 0 Å². The predicted octanol–water partition coefficient (Wildman–Crippen LogP) is 0.498. The monoisotopic (exact) mass is 189 g/mol. The van der Waals surface area contributed by atoms with Crippen molar-refractivity contribution in [2.24, 2.45) is 0 Å². The third kappa shape index (κ3) is 1.87. The molecule has 72 valence electrons. The molecule has 0 unspecified atom stereocenters. The van der Waals surface area contributed by atoms with E-state index in [1.165, 1.54) is 0 Å². The summed E-state index contributed by atoms with van der Waals surface area (Å²) in [5, 5.41) is 0. The van der Waals surface area contributed by atoms with E-state index in [2.05, 4.69) is 15.0 Å². The van der Waals surface area contributed by atoms with Gasteiger partial charge in [-0.25, -0.2) is 4.98 Å². The van der Waals surface area contributed by atoms with Crippen molar-refractivity contribution in [2.45, 2.75) is 13.0 Å². The van der Waals surface area contributed by atoms with Crippen LogP contribution in [0.25, 0.3) is 0 Å². The fourth-order valence-corrected chi connectivity index (χ4v) is 1.22. The topological polar surface area (TPSA) is 69.6 Å². The van der Waals surface area contributed by atoms with Crippen LogP contribution < -0.4 is 5.73 Å². The van der Waals surface area contributed by atoms with Crippen molar-refractivity contribution in [3.63, 3.8) is 0 Å². The molecule has 0 radical (unpaired) electrons. The highest BCUT2D eigenvalue weighted by molar-refractivity contribution is 5.16. The summed E-state index contributed by atoms with van der Waals surface area (Å²) in [6.07, 6.45) is 9.46. The number of nitrogens with zero attached hydrogens (tertiary/aromatic N) is 4. The first-order valence-electron chi connectivity index (χ1n) is 4.38. The van der Waals surface area contributed by atoms with Crippen LogP contribution in [-0.4, -0.2) is 19.5 Å². The van der Waals surface area contributed by atoms with E-state index in [1.54, 1.807) is 24.8 Å². The lowest BCUT2D eigenvalue weighted by Crippen LogP contribution is -2.05. The van der Waals surface area contributed by atoms with Crippen LogP contribution >= 0.6 is 0 Å². The van der Waals surface area contributed by atoms with E-state index in [0.717, 1.165) is 18.7 Å². The Morgan fingerprint density at radius 2 is 2.14 bits per heavy atom. The predicted molar refractivity (Wildman–Crippen MR) is 52.4 cm³/mol. The van der Waals surface area contributed by atoms with Gasteiger partial charge in [0.05, 0.1) is 5.69 Å². The summed E-state index contributed by atoms with van der Waals surface area (Å²) in [5.74, 6) is 0.536. The largest absolute Gasteiger partial charge is 0.369 e. The second-order valence-electron chi connectivity index (χ2n) is 2.93. The minimum Gasteiger partial charge on any atom is -0.369 e. The molecule has 5 heteroatoms. The van der Waals surface area contributed by atoms with Crippen molar-refractivity contribution in [3.8, 4) is 0 Å². The van der Waals surface area contributed by atoms with Crippen LogP contribution in [0.5, 0.6) is 0 Å². The number of hydrogen-bond acceptors (Lipinski definition) is 4. The van der Waals surface area contributed by atoms with Gasteiger partial charge in [0.15, 0.2) is 5.95 Å². The molecule has 0 aliphatic rings. The Morgan fingerprint density at radius 3 is 2.79 bits per heavy atom. The van der Waals surface area contributed by atoms with Crippen LogP contribution in [0.2, 0.25) is 0 Å². The van der Waals surface area contributed by atoms with Crippen LogP contribution in [-0.2, 0) is 13.0 Å². The molecule has 0 bridgehead atoms. The van der Waals surface area contributed by atoms with E-state index in [-0.39, 0.29) is 0 Å². The maximum absolute atomic E-state index is 5.62. The van der Waals surface area contributed by atoms with Crippen LogP contribution in [0, 0.1) is 0 Å². The van der Waals surface area contributed by atoms with Crippen molar-refractivity contribution in [1.82, 2.24) is 19.5 Å². The summed E-state index contributed by atoms with van der Waals surface area (Å²) >= 11 is 0. The van der Waals surface area contributed by atoms with Crippen molar-refractivity contribution in [3.05, 3.63) is 36.7 Å². The Kier molecular flexibility index (Phi) is 2.40. The van der Waals surface area contributed by atoms with Gasteiger partial charge in [0, 0.05) is 43.9 Å². The van der Waals surface area contributed by atoms with Crippen molar-refractivity contribution in [1.29, 1.82) is 0 Å². The molecule has 2 rings (SSSR count). The standard InChI is InChI=1S/C9H11N5/c10-9-13-4-6-14(9)5-1-8-7-11-2-3-12-8/h2-4,6-7H,1,5H2,(H2,10,13). The van der Waals surface area contributed by atoms with Gasteiger partial charge in [0.1, 0.15) is 0 Å². The van der Waals surface area contributed by atoms with E-state index in [0.29, 0.717) is 5.95 Å². The first kappa shape index (κ1) is 8.68. The molecule has 0 aromatic carbocycles. The lowest BCUT2D eigenvalue weighted by atomic mass is 10.3. The second kappa shape index (κ2) is 3.87. The highest BCUT2D eigenvalue weighted by Gasteiger charge is 1.98. The summed E-state index contributed by atoms with van der Waals surface area (Å²) in [7, 11) is 0. The molecular weight excluding hydrogens is 178 g/mol. The van der Waals surface area contributed by atoms with Crippen LogP contribution in [0.3, 0.4) is 0 Å². The van der Waals surface area contributed by atoms with Gasteiger partial charge < -0.3 is 10.3 Å². The van der Waals surface area contributed by atoms with Crippen LogP contribution in [0.15, 0.2) is 31.0 Å². The number of rotatable bonds is 3. The molecule has 5 nitrogen and oxygen atoms in total. The zero-order chi connectivity index (χ0) is 9.80. The zero-order valence-corrected chi connectivity index (χ0v) is 7.67. The highest BCUT2D eigenvalue weighted by Crippen LogP contribution is 2.01. The Labute approximate surface area is 81.6 Å². The van der Waals surface area contributed by atoms with Crippen molar-refractivity contribution >= 4 is 5.95 Å². The van der Waals surface area contributed by atoms with Gasteiger partial charge in [0.25, 0.3) is 0 Å². The Balaban J connectivity index is 1.99. The van der Waals surface area contributed by atoms with Gasteiger partial charge in [-0.05, 0) is 0 Å². The quantitative estimate of drug-likeness (QED) is 0.763. The first-order valence-corrected chi connectivity index (χ1v) is 4.38. The van der Waals surface area contributed by atoms with Crippen molar-refractivity contribution in [2.75, 3.05) is 5.73 Å². The van der Waals surface area contributed by atoms with Gasteiger partial charge in [-0.15, -0.1) is 0 Å². The fourth-order valence-electron chi connectivity index (χ4n) is 1.22. The average molecular weight is 189 g/mol. The number of imidazole rings is 1. The van der Waals surface area contributed by atoms with Gasteiger partial charge in [-0.3, -0.25) is 9.97 Å². The molecule has 0 atom stereocenters. The lowest BCUT2D eigenvalue weighted by Gasteiger charge is -2.02. The normalized spacial score (nSPS) is 10.3. The molecule has 2 aromatic heterocycles. The molecule has 0 amide bonds. The summed E-state index contributed by atoms with van der Waals surface area (Å²) < 4.78 is 1.88. The average Bonchev–Trinajstić information content (AvgIpc) is 2.63. The molecule has 0 saturated heterocycles. The van der Waals surface area contributed by atoms with E-state index >= 15 is 0 Å². The molecule has 2 N–H and O–H groups in total. The first-order chi connectivity index (χ1) is 6.86. The Bertz CT molecular complexity index is 395. The molecule has 2 heterocycles. The maximum atomic E-state index is 5.62. The van der Waals surface area contributed by atoms with E-state index < -0.39 is 0 Å². The lowest BCUT2D eigenvalue weighted by molar-refractivity contribution is 0.692. The number of aryl methyl sites for hydroxylation is 2. The number of hydrogen-bond donors (Lipinski definition) is 1. The highest BCUT2D eigenvalue weighted by atomic mass is 15.1. The smallest absolute Gasteiger partial charge is 0.200 e. The summed E-state index contributed by atoms with van der Waals surface area (Å²) in [5.41, 5.74) is 6.58. The van der Waals surface area contributed by atoms with Crippen LogP contribution in [0.4, 0.5) is 5.95 Å². The summed E-state index contributed by atoms with van der Waals surface area (Å²) in [6, 6.07) is 0. The van der Waals surface area contributed by atoms with E-state index in [4.69, 9.17) is 5.73 Å². The number of anilines is 1. The fraction of sp³-hybridized carbons (Fsp3) is 0.222. The molecule has 14 heavy (non-hydrogen) atoms. The number of nitrogens with two attached hydrogens (primary N) is 1. The SMILES string of the molecule is Nc1nccn1CCc1cnccn1. The molecule has 0 aliphatic carbocycles. The van der Waals surface area contributed by atoms with Gasteiger partial charge in [-0.1, -0.05) is 0 Å². The summed E-state index contributed by atoms with van der Waals surface area (Å²) in [4.78, 5) is 12.1. The number of nitrogen functional groups attached to an aromatic ring is 1. The second-order valence-corrected chi connectivity index (χ2v) is 2.93. The third-order valence-corrected chi connectivity index (χ3v) is 1.97. The molecule has 0 aliphatic heterocycles. The number of aromatic nitrogens is 4. The third-order valence-electron chi connectivity index (χ3n) is 1.97. The molecule has 0 saturated carbocycles. The zero-order valence-electron chi connectivity index (χ0n) is 7.67. The van der Waals surface area contributed by atoms with Gasteiger partial charge >= 0.3 is 0 Å². The minimum atomic E-state index is 0.536. The maximum Gasteiger partial charge on any atom is 0.200 e. The van der Waals surface area contributed by atoms with Crippen molar-refractivity contribution < 1.29 is 0 Å². The van der Waals surface area contributed by atoms with E-state index in [1.807, 2.05) is 10.8 Å². The van der Waals surface area contributed by atoms with Crippen LogP contribution in [0.1, 0.15) is 5.69 Å². The van der Waals surface area contributed by atoms with E-state index in [9.17, 15) is 0 Å². The molecule has 0 spiro atoms. The molecule has 2 aromatic rings. The molecule has 0 fully saturated rings. The van der Waals surface area contributed by atoms with Gasteiger partial charge in [-0.2, -0.15) is 0 Å².